The van der Waals surface area contributed by atoms with Crippen LogP contribution >= 0.6 is 0 Å². The van der Waals surface area contributed by atoms with E-state index >= 15 is 0 Å². The third-order valence-corrected chi connectivity index (χ3v) is 5.05. The molecule has 1 saturated heterocycles. The Kier molecular flexibility index (Phi) is 4.47. The van der Waals surface area contributed by atoms with Gasteiger partial charge in [0.1, 0.15) is 0 Å². The van der Waals surface area contributed by atoms with Crippen LogP contribution < -0.4 is 10.6 Å². The molecule has 0 saturated carbocycles. The molecule has 3 aromatic rings. The molecule has 4 rings (SSSR count). The molecule has 2 N–H and O–H groups in total. The van der Waals surface area contributed by atoms with Crippen LogP contribution in [0.3, 0.4) is 0 Å². The lowest BCUT2D eigenvalue weighted by atomic mass is 10.1. The minimum absolute atomic E-state index is 0.311. The normalized spacial score (nSPS) is 15.4. The lowest BCUT2D eigenvalue weighted by Crippen LogP contribution is -2.39. The van der Waals surface area contributed by atoms with Gasteiger partial charge in [-0.15, -0.1) is 5.10 Å². The highest BCUT2D eigenvalue weighted by atomic mass is 15.4. The number of benzene rings is 1. The van der Waals surface area contributed by atoms with Crippen molar-refractivity contribution in [3.05, 3.63) is 59.9 Å². The van der Waals surface area contributed by atoms with Gasteiger partial charge in [0.05, 0.1) is 11.4 Å². The summed E-state index contributed by atoms with van der Waals surface area (Å²) in [6.07, 6.45) is 3.95. The Morgan fingerprint density at radius 1 is 1.00 bits per heavy atom. The Morgan fingerprint density at radius 3 is 2.38 bits per heavy atom. The van der Waals surface area contributed by atoms with Gasteiger partial charge in [0.25, 0.3) is 0 Å². The fourth-order valence-electron chi connectivity index (χ4n) is 3.36. The summed E-state index contributed by atoms with van der Waals surface area (Å²) in [4.78, 5) is 6.80. The fraction of sp³-hybridized carbons (Fsp3) is 0.333. The molecule has 0 amide bonds. The molecule has 0 spiro atoms. The SMILES string of the molecule is Cc1ccc(-n2nc(N3CCC(N)CC3)cc2-c2ccc(C)nc2)cc1. The first-order chi connectivity index (χ1) is 12.6. The van der Waals surface area contributed by atoms with Crippen LogP contribution in [0, 0.1) is 13.8 Å². The number of nitrogens with two attached hydrogens (primary N) is 1. The Balaban J connectivity index is 1.77. The van der Waals surface area contributed by atoms with Gasteiger partial charge in [0, 0.05) is 42.7 Å². The topological polar surface area (TPSA) is 60.0 Å². The van der Waals surface area contributed by atoms with Gasteiger partial charge in [-0.25, -0.2) is 4.68 Å². The molecular weight excluding hydrogens is 322 g/mol. The van der Waals surface area contributed by atoms with Gasteiger partial charge in [-0.05, 0) is 51.0 Å². The minimum atomic E-state index is 0.311. The van der Waals surface area contributed by atoms with Gasteiger partial charge in [-0.2, -0.15) is 0 Å². The predicted molar refractivity (Wildman–Crippen MR) is 106 cm³/mol. The number of pyridine rings is 1. The van der Waals surface area contributed by atoms with E-state index in [0.29, 0.717) is 6.04 Å². The second-order valence-corrected chi connectivity index (χ2v) is 7.15. The number of hydrogen-bond acceptors (Lipinski definition) is 4. The van der Waals surface area contributed by atoms with Crippen molar-refractivity contribution in [1.29, 1.82) is 0 Å². The van der Waals surface area contributed by atoms with Crippen LogP contribution in [0.2, 0.25) is 0 Å². The summed E-state index contributed by atoms with van der Waals surface area (Å²) in [7, 11) is 0. The number of rotatable bonds is 3. The van der Waals surface area contributed by atoms with Gasteiger partial charge in [0.2, 0.25) is 0 Å². The summed E-state index contributed by atoms with van der Waals surface area (Å²) in [5.74, 6) is 1.01. The van der Waals surface area contributed by atoms with E-state index in [9.17, 15) is 0 Å². The second kappa shape index (κ2) is 6.92. The van der Waals surface area contributed by atoms with E-state index in [1.165, 1.54) is 5.56 Å². The van der Waals surface area contributed by atoms with Crippen molar-refractivity contribution in [2.45, 2.75) is 32.7 Å². The van der Waals surface area contributed by atoms with Crippen molar-refractivity contribution >= 4 is 5.82 Å². The molecule has 1 aliphatic heterocycles. The molecular formula is C21H25N5. The average molecular weight is 347 g/mol. The zero-order chi connectivity index (χ0) is 18.1. The molecule has 1 fully saturated rings. The lowest BCUT2D eigenvalue weighted by molar-refractivity contribution is 0.498. The quantitative estimate of drug-likeness (QED) is 0.788. The average Bonchev–Trinajstić information content (AvgIpc) is 3.09. The van der Waals surface area contributed by atoms with E-state index in [4.69, 9.17) is 10.8 Å². The predicted octanol–water partition coefficient (Wildman–Crippen LogP) is 3.48. The van der Waals surface area contributed by atoms with E-state index in [2.05, 4.69) is 53.2 Å². The fourth-order valence-corrected chi connectivity index (χ4v) is 3.36. The van der Waals surface area contributed by atoms with Crippen molar-refractivity contribution in [2.24, 2.45) is 5.73 Å². The van der Waals surface area contributed by atoms with Gasteiger partial charge in [0.15, 0.2) is 5.82 Å². The van der Waals surface area contributed by atoms with E-state index in [1.54, 1.807) is 0 Å². The highest BCUT2D eigenvalue weighted by Crippen LogP contribution is 2.28. The smallest absolute Gasteiger partial charge is 0.151 e. The van der Waals surface area contributed by atoms with E-state index in [-0.39, 0.29) is 0 Å². The first kappa shape index (κ1) is 16.8. The molecule has 3 heterocycles. The van der Waals surface area contributed by atoms with Gasteiger partial charge in [-0.3, -0.25) is 4.98 Å². The van der Waals surface area contributed by atoms with E-state index < -0.39 is 0 Å². The van der Waals surface area contributed by atoms with Gasteiger partial charge in [-0.1, -0.05) is 17.7 Å². The van der Waals surface area contributed by atoms with Crippen LogP contribution in [0.5, 0.6) is 0 Å². The maximum atomic E-state index is 6.06. The van der Waals surface area contributed by atoms with Crippen LogP contribution in [0.4, 0.5) is 5.82 Å². The molecule has 1 aromatic carbocycles. The number of nitrogens with zero attached hydrogens (tertiary/aromatic N) is 4. The molecule has 1 aliphatic rings. The number of piperidine rings is 1. The zero-order valence-electron chi connectivity index (χ0n) is 15.4. The summed E-state index contributed by atoms with van der Waals surface area (Å²) in [5, 5.41) is 4.93. The van der Waals surface area contributed by atoms with Crippen LogP contribution in [-0.2, 0) is 0 Å². The number of aryl methyl sites for hydroxylation is 2. The monoisotopic (exact) mass is 347 g/mol. The van der Waals surface area contributed by atoms with Crippen LogP contribution in [0.1, 0.15) is 24.1 Å². The summed E-state index contributed by atoms with van der Waals surface area (Å²) < 4.78 is 2.02. The maximum Gasteiger partial charge on any atom is 0.151 e. The molecule has 2 aromatic heterocycles. The molecule has 0 atom stereocenters. The van der Waals surface area contributed by atoms with Crippen molar-refractivity contribution in [1.82, 2.24) is 14.8 Å². The van der Waals surface area contributed by atoms with Gasteiger partial charge < -0.3 is 10.6 Å². The molecule has 26 heavy (non-hydrogen) atoms. The van der Waals surface area contributed by atoms with Crippen molar-refractivity contribution in [3.63, 3.8) is 0 Å². The van der Waals surface area contributed by atoms with Gasteiger partial charge >= 0.3 is 0 Å². The van der Waals surface area contributed by atoms with Crippen LogP contribution in [-0.4, -0.2) is 33.9 Å². The first-order valence-corrected chi connectivity index (χ1v) is 9.21. The number of anilines is 1. The van der Waals surface area contributed by atoms with Crippen LogP contribution in [0.15, 0.2) is 48.7 Å². The molecule has 134 valence electrons. The summed E-state index contributed by atoms with van der Waals surface area (Å²) >= 11 is 0. The lowest BCUT2D eigenvalue weighted by Gasteiger charge is -2.30. The van der Waals surface area contributed by atoms with E-state index in [1.807, 2.05) is 23.9 Å². The molecule has 0 unspecified atom stereocenters. The number of aromatic nitrogens is 3. The third kappa shape index (κ3) is 3.35. The zero-order valence-corrected chi connectivity index (χ0v) is 15.4. The molecule has 0 aliphatic carbocycles. The Hall–Kier alpha value is -2.66. The largest absolute Gasteiger partial charge is 0.355 e. The number of hydrogen-bond donors (Lipinski definition) is 1. The van der Waals surface area contributed by atoms with Crippen molar-refractivity contribution in [3.8, 4) is 16.9 Å². The molecule has 0 bridgehead atoms. The second-order valence-electron chi connectivity index (χ2n) is 7.15. The Labute approximate surface area is 154 Å². The standard InChI is InChI=1S/C21H25N5/c1-15-3-7-19(8-4-15)26-20(17-6-5-16(2)23-14-17)13-21(24-26)25-11-9-18(22)10-12-25/h3-8,13-14,18H,9-12,22H2,1-2H3. The highest BCUT2D eigenvalue weighted by Gasteiger charge is 2.21. The molecule has 5 heteroatoms. The Morgan fingerprint density at radius 2 is 1.73 bits per heavy atom. The Bertz CT molecular complexity index is 809. The summed E-state index contributed by atoms with van der Waals surface area (Å²) in [6.45, 7) is 6.01. The first-order valence-electron chi connectivity index (χ1n) is 9.21. The van der Waals surface area contributed by atoms with E-state index in [0.717, 1.165) is 54.4 Å². The minimum Gasteiger partial charge on any atom is -0.355 e. The molecule has 5 nitrogen and oxygen atoms in total. The summed E-state index contributed by atoms with van der Waals surface area (Å²) in [6, 6.07) is 15.1. The van der Waals surface area contributed by atoms with Crippen LogP contribution in [0.25, 0.3) is 16.9 Å². The van der Waals surface area contributed by atoms with Crippen molar-refractivity contribution < 1.29 is 0 Å². The summed E-state index contributed by atoms with van der Waals surface area (Å²) in [5.41, 5.74) is 11.5. The highest BCUT2D eigenvalue weighted by molar-refractivity contribution is 5.66. The molecule has 0 radical (unpaired) electrons. The third-order valence-electron chi connectivity index (χ3n) is 5.05. The maximum absolute atomic E-state index is 6.06. The van der Waals surface area contributed by atoms with Crippen molar-refractivity contribution in [2.75, 3.05) is 18.0 Å².